The number of para-hydroxylation sites is 1. The highest BCUT2D eigenvalue weighted by atomic mass is 16.3. The van der Waals surface area contributed by atoms with Crippen molar-refractivity contribution in [2.24, 2.45) is 0 Å². The van der Waals surface area contributed by atoms with E-state index in [2.05, 4.69) is 22.3 Å². The molecule has 6 heteroatoms. The molecule has 2 heterocycles. The van der Waals surface area contributed by atoms with Crippen LogP contribution in [0.2, 0.25) is 0 Å². The summed E-state index contributed by atoms with van der Waals surface area (Å²) < 4.78 is 0. The fourth-order valence-corrected chi connectivity index (χ4v) is 4.55. The van der Waals surface area contributed by atoms with Crippen LogP contribution in [0.4, 0.5) is 11.4 Å². The van der Waals surface area contributed by atoms with E-state index >= 15 is 0 Å². The Labute approximate surface area is 171 Å². The third-order valence-corrected chi connectivity index (χ3v) is 6.21. The van der Waals surface area contributed by atoms with Crippen molar-refractivity contribution in [3.8, 4) is 0 Å². The summed E-state index contributed by atoms with van der Waals surface area (Å²) in [6, 6.07) is 15.8. The van der Waals surface area contributed by atoms with Crippen LogP contribution < -0.4 is 15.1 Å². The average Bonchev–Trinajstić information content (AvgIpc) is 2.97. The Kier molecular flexibility index (Phi) is 5.28. The Morgan fingerprint density at radius 1 is 1.14 bits per heavy atom. The topological polar surface area (TPSA) is 72.9 Å². The number of nitrogens with zero attached hydrogens (tertiary/aromatic N) is 2. The first-order chi connectivity index (χ1) is 14.1. The summed E-state index contributed by atoms with van der Waals surface area (Å²) in [7, 11) is 1.82. The number of benzene rings is 2. The van der Waals surface area contributed by atoms with E-state index in [1.165, 1.54) is 5.69 Å². The van der Waals surface area contributed by atoms with Crippen molar-refractivity contribution < 1.29 is 14.7 Å². The molecule has 2 N–H and O–H groups in total. The Balaban J connectivity index is 1.59. The molecular weight excluding hydrogens is 366 g/mol. The number of piperidine rings is 1. The van der Waals surface area contributed by atoms with Crippen LogP contribution in [0, 0.1) is 0 Å². The lowest BCUT2D eigenvalue weighted by molar-refractivity contribution is -0.123. The van der Waals surface area contributed by atoms with Crippen LogP contribution in [0.1, 0.15) is 35.2 Å². The quantitative estimate of drug-likeness (QED) is 0.765. The van der Waals surface area contributed by atoms with Gasteiger partial charge in [-0.05, 0) is 55.2 Å². The second-order valence-corrected chi connectivity index (χ2v) is 7.83. The number of aliphatic hydroxyl groups excluding tert-OH is 1. The molecule has 2 amide bonds. The van der Waals surface area contributed by atoms with Crippen LogP contribution in [0.25, 0.3) is 0 Å². The van der Waals surface area contributed by atoms with Crippen molar-refractivity contribution in [1.82, 2.24) is 5.32 Å². The number of nitrogens with one attached hydrogen (secondary N) is 1. The summed E-state index contributed by atoms with van der Waals surface area (Å²) in [5.74, 6) is -0.0434. The predicted octanol–water partition coefficient (Wildman–Crippen LogP) is 2.31. The lowest BCUT2D eigenvalue weighted by atomic mass is 9.73. The van der Waals surface area contributed by atoms with E-state index in [1.54, 1.807) is 11.0 Å². The fraction of sp³-hybridized carbons (Fsp3) is 0.391. The number of anilines is 2. The molecule has 4 rings (SSSR count). The molecule has 0 radical (unpaired) electrons. The van der Waals surface area contributed by atoms with Crippen LogP contribution in [0.3, 0.4) is 0 Å². The maximum absolute atomic E-state index is 13.3. The summed E-state index contributed by atoms with van der Waals surface area (Å²) in [5.41, 5.74) is 3.05. The van der Waals surface area contributed by atoms with Gasteiger partial charge in [0.25, 0.3) is 5.91 Å². The van der Waals surface area contributed by atoms with Crippen molar-refractivity contribution in [3.63, 3.8) is 0 Å². The standard InChI is InChI=1S/C23H27N3O3/c1-25-20-9-8-17(21(28)24-12-5-15-27)16-19(20)23(22(25)29)10-13-26(14-11-23)18-6-3-2-4-7-18/h2-4,6-9,16,27H,5,10-15H2,1H3,(H,24,28). The number of aliphatic hydroxyl groups is 1. The number of amides is 2. The zero-order chi connectivity index (χ0) is 20.4. The lowest BCUT2D eigenvalue weighted by Crippen LogP contribution is -2.48. The molecule has 152 valence electrons. The number of hydrogen-bond donors (Lipinski definition) is 2. The number of hydrogen-bond acceptors (Lipinski definition) is 4. The zero-order valence-corrected chi connectivity index (χ0v) is 16.7. The minimum absolute atomic E-state index is 0.0464. The molecule has 2 aromatic rings. The number of likely N-dealkylation sites (N-methyl/N-ethyl adjacent to an activating group) is 1. The molecular formula is C23H27N3O3. The molecule has 1 fully saturated rings. The Bertz CT molecular complexity index is 905. The van der Waals surface area contributed by atoms with Gasteiger partial charge >= 0.3 is 0 Å². The smallest absolute Gasteiger partial charge is 0.251 e. The lowest BCUT2D eigenvalue weighted by Gasteiger charge is -2.39. The molecule has 0 atom stereocenters. The number of rotatable bonds is 5. The number of carbonyl (C=O) groups is 2. The van der Waals surface area contributed by atoms with Crippen LogP contribution in [-0.4, -0.2) is 50.2 Å². The van der Waals surface area contributed by atoms with E-state index in [0.29, 0.717) is 18.5 Å². The van der Waals surface area contributed by atoms with Gasteiger partial charge in [-0.25, -0.2) is 0 Å². The molecule has 2 aliphatic heterocycles. The van der Waals surface area contributed by atoms with E-state index in [0.717, 1.165) is 37.2 Å². The van der Waals surface area contributed by atoms with Crippen molar-refractivity contribution in [3.05, 3.63) is 59.7 Å². The first-order valence-corrected chi connectivity index (χ1v) is 10.2. The number of fused-ring (bicyclic) bond motifs is 2. The Morgan fingerprint density at radius 2 is 1.86 bits per heavy atom. The molecule has 2 aromatic carbocycles. The largest absolute Gasteiger partial charge is 0.396 e. The van der Waals surface area contributed by atoms with Gasteiger partial charge in [0.1, 0.15) is 0 Å². The maximum atomic E-state index is 13.3. The van der Waals surface area contributed by atoms with Crippen LogP contribution in [-0.2, 0) is 10.2 Å². The normalized spacial score (nSPS) is 17.5. The Morgan fingerprint density at radius 3 is 2.55 bits per heavy atom. The van der Waals surface area contributed by atoms with Gasteiger partial charge in [-0.15, -0.1) is 0 Å². The van der Waals surface area contributed by atoms with Crippen molar-refractivity contribution in [2.45, 2.75) is 24.7 Å². The third kappa shape index (κ3) is 3.38. The van der Waals surface area contributed by atoms with Crippen molar-refractivity contribution in [1.29, 1.82) is 0 Å². The van der Waals surface area contributed by atoms with E-state index in [1.807, 2.05) is 37.4 Å². The first-order valence-electron chi connectivity index (χ1n) is 10.2. The average molecular weight is 393 g/mol. The second kappa shape index (κ2) is 7.87. The molecule has 0 saturated carbocycles. The van der Waals surface area contributed by atoms with Crippen LogP contribution >= 0.6 is 0 Å². The molecule has 2 aliphatic rings. The highest BCUT2D eigenvalue weighted by Crippen LogP contribution is 2.48. The van der Waals surface area contributed by atoms with Gasteiger partial charge in [0, 0.05) is 50.2 Å². The molecule has 29 heavy (non-hydrogen) atoms. The summed E-state index contributed by atoms with van der Waals surface area (Å²) >= 11 is 0. The summed E-state index contributed by atoms with van der Waals surface area (Å²) in [6.45, 7) is 2.08. The third-order valence-electron chi connectivity index (χ3n) is 6.21. The van der Waals surface area contributed by atoms with Crippen molar-refractivity contribution in [2.75, 3.05) is 43.1 Å². The SMILES string of the molecule is CN1C(=O)C2(CCN(c3ccccc3)CC2)c2cc(C(=O)NCCCO)ccc21. The van der Waals surface area contributed by atoms with Gasteiger partial charge in [-0.3, -0.25) is 9.59 Å². The first kappa shape index (κ1) is 19.5. The molecule has 0 aliphatic carbocycles. The van der Waals surface area contributed by atoms with E-state index < -0.39 is 5.41 Å². The number of carbonyl (C=O) groups excluding carboxylic acids is 2. The highest BCUT2D eigenvalue weighted by Gasteiger charge is 2.51. The van der Waals surface area contributed by atoms with Gasteiger partial charge in [0.15, 0.2) is 0 Å². The van der Waals surface area contributed by atoms with Gasteiger partial charge in [-0.2, -0.15) is 0 Å². The van der Waals surface area contributed by atoms with E-state index in [9.17, 15) is 9.59 Å². The summed E-state index contributed by atoms with van der Waals surface area (Å²) in [5, 5.41) is 11.7. The zero-order valence-electron chi connectivity index (χ0n) is 16.7. The van der Waals surface area contributed by atoms with E-state index in [4.69, 9.17) is 5.11 Å². The van der Waals surface area contributed by atoms with E-state index in [-0.39, 0.29) is 18.4 Å². The molecule has 1 spiro atoms. The van der Waals surface area contributed by atoms with Gasteiger partial charge < -0.3 is 20.2 Å². The summed E-state index contributed by atoms with van der Waals surface area (Å²) in [4.78, 5) is 29.8. The highest BCUT2D eigenvalue weighted by molar-refractivity contribution is 6.09. The van der Waals surface area contributed by atoms with Crippen molar-refractivity contribution >= 4 is 23.2 Å². The van der Waals surface area contributed by atoms with Gasteiger partial charge in [-0.1, -0.05) is 18.2 Å². The molecule has 6 nitrogen and oxygen atoms in total. The van der Waals surface area contributed by atoms with Gasteiger partial charge in [0.2, 0.25) is 5.91 Å². The Hall–Kier alpha value is -2.86. The molecule has 1 saturated heterocycles. The maximum Gasteiger partial charge on any atom is 0.251 e. The minimum atomic E-state index is -0.559. The molecule has 0 aromatic heterocycles. The summed E-state index contributed by atoms with van der Waals surface area (Å²) in [6.07, 6.45) is 1.98. The van der Waals surface area contributed by atoms with Crippen LogP contribution in [0.15, 0.2) is 48.5 Å². The van der Waals surface area contributed by atoms with Crippen LogP contribution in [0.5, 0.6) is 0 Å². The molecule has 0 bridgehead atoms. The minimum Gasteiger partial charge on any atom is -0.396 e. The van der Waals surface area contributed by atoms with Gasteiger partial charge in [0.05, 0.1) is 5.41 Å². The monoisotopic (exact) mass is 393 g/mol. The molecule has 0 unspecified atom stereocenters. The fourth-order valence-electron chi connectivity index (χ4n) is 4.55. The second-order valence-electron chi connectivity index (χ2n) is 7.83. The predicted molar refractivity (Wildman–Crippen MR) is 113 cm³/mol.